The lowest BCUT2D eigenvalue weighted by molar-refractivity contribution is 0.0684. The summed E-state index contributed by atoms with van der Waals surface area (Å²) >= 11 is 0. The van der Waals surface area contributed by atoms with Crippen molar-refractivity contribution in [2.45, 2.75) is 26.3 Å². The second-order valence-corrected chi connectivity index (χ2v) is 4.14. The van der Waals surface area contributed by atoms with Gasteiger partial charge in [-0.1, -0.05) is 6.92 Å². The summed E-state index contributed by atoms with van der Waals surface area (Å²) in [4.78, 5) is 10.8. The molecule has 1 N–H and O–H groups in total. The third-order valence-electron chi connectivity index (χ3n) is 2.70. The molecule has 1 aliphatic rings. The normalized spacial score (nSPS) is 18.5. The Morgan fingerprint density at radius 2 is 2.38 bits per heavy atom. The van der Waals surface area contributed by atoms with Gasteiger partial charge in [0, 0.05) is 12.7 Å². The SMILES string of the molecule is CC1(Cn2cccc2C(=O)O)CC1. The Labute approximate surface area is 77.0 Å². The van der Waals surface area contributed by atoms with Crippen LogP contribution in [-0.4, -0.2) is 15.6 Å². The molecule has 1 saturated carbocycles. The largest absolute Gasteiger partial charge is 0.477 e. The number of hydrogen-bond acceptors (Lipinski definition) is 1. The summed E-state index contributed by atoms with van der Waals surface area (Å²) in [6, 6.07) is 3.43. The highest BCUT2D eigenvalue weighted by Crippen LogP contribution is 2.46. The summed E-state index contributed by atoms with van der Waals surface area (Å²) in [5.41, 5.74) is 0.747. The number of carboxylic acid groups (broad SMARTS) is 1. The Kier molecular flexibility index (Phi) is 1.68. The van der Waals surface area contributed by atoms with Gasteiger partial charge in [-0.3, -0.25) is 0 Å². The van der Waals surface area contributed by atoms with E-state index in [1.807, 2.05) is 10.8 Å². The van der Waals surface area contributed by atoms with E-state index in [9.17, 15) is 4.79 Å². The minimum absolute atomic E-state index is 0.350. The van der Waals surface area contributed by atoms with E-state index in [1.165, 1.54) is 12.8 Å². The summed E-state index contributed by atoms with van der Waals surface area (Å²) in [5.74, 6) is -0.839. The van der Waals surface area contributed by atoms with Gasteiger partial charge in [0.15, 0.2) is 0 Å². The van der Waals surface area contributed by atoms with Gasteiger partial charge >= 0.3 is 5.97 Å². The molecule has 0 atom stereocenters. The van der Waals surface area contributed by atoms with Gasteiger partial charge in [-0.05, 0) is 30.4 Å². The first kappa shape index (κ1) is 8.35. The quantitative estimate of drug-likeness (QED) is 0.771. The van der Waals surface area contributed by atoms with Crippen LogP contribution in [0.2, 0.25) is 0 Å². The maximum Gasteiger partial charge on any atom is 0.352 e. The molecule has 0 amide bonds. The molecule has 1 aliphatic carbocycles. The van der Waals surface area contributed by atoms with E-state index in [0.717, 1.165) is 6.54 Å². The molecule has 0 aliphatic heterocycles. The molecular formula is C10H13NO2. The van der Waals surface area contributed by atoms with Crippen molar-refractivity contribution >= 4 is 5.97 Å². The zero-order valence-corrected chi connectivity index (χ0v) is 7.66. The van der Waals surface area contributed by atoms with Gasteiger partial charge in [0.05, 0.1) is 0 Å². The fraction of sp³-hybridized carbons (Fsp3) is 0.500. The van der Waals surface area contributed by atoms with Crippen LogP contribution < -0.4 is 0 Å². The summed E-state index contributed by atoms with van der Waals surface area (Å²) in [7, 11) is 0. The third kappa shape index (κ3) is 1.59. The van der Waals surface area contributed by atoms with Crippen LogP contribution >= 0.6 is 0 Å². The molecule has 2 rings (SSSR count). The lowest BCUT2D eigenvalue weighted by Gasteiger charge is -2.11. The molecule has 0 bridgehead atoms. The molecule has 0 aromatic carbocycles. The molecule has 1 aromatic rings. The maximum absolute atomic E-state index is 10.8. The minimum Gasteiger partial charge on any atom is -0.477 e. The van der Waals surface area contributed by atoms with Crippen LogP contribution in [0.15, 0.2) is 18.3 Å². The van der Waals surface area contributed by atoms with Crippen LogP contribution in [0.4, 0.5) is 0 Å². The van der Waals surface area contributed by atoms with Crippen molar-refractivity contribution in [3.05, 3.63) is 24.0 Å². The molecule has 70 valence electrons. The Balaban J connectivity index is 2.19. The first-order chi connectivity index (χ1) is 6.11. The van der Waals surface area contributed by atoms with E-state index < -0.39 is 5.97 Å². The van der Waals surface area contributed by atoms with Gasteiger partial charge in [0.2, 0.25) is 0 Å². The highest BCUT2D eigenvalue weighted by atomic mass is 16.4. The molecule has 3 nitrogen and oxygen atoms in total. The van der Waals surface area contributed by atoms with E-state index in [0.29, 0.717) is 11.1 Å². The second-order valence-electron chi connectivity index (χ2n) is 4.14. The van der Waals surface area contributed by atoms with Gasteiger partial charge in [0.1, 0.15) is 5.69 Å². The van der Waals surface area contributed by atoms with Gasteiger partial charge < -0.3 is 9.67 Å². The molecule has 1 fully saturated rings. The summed E-state index contributed by atoms with van der Waals surface area (Å²) in [5, 5.41) is 8.85. The highest BCUT2D eigenvalue weighted by Gasteiger charge is 2.37. The Morgan fingerprint density at radius 1 is 1.69 bits per heavy atom. The van der Waals surface area contributed by atoms with E-state index in [1.54, 1.807) is 12.1 Å². The molecule has 3 heteroatoms. The average Bonchev–Trinajstić information content (AvgIpc) is 2.63. The standard InChI is InChI=1S/C10H13NO2/c1-10(4-5-10)7-11-6-2-3-8(11)9(12)13/h2-3,6H,4-5,7H2,1H3,(H,12,13). The van der Waals surface area contributed by atoms with Crippen molar-refractivity contribution in [2.24, 2.45) is 5.41 Å². The molecule has 0 saturated heterocycles. The smallest absolute Gasteiger partial charge is 0.352 e. The van der Waals surface area contributed by atoms with E-state index in [2.05, 4.69) is 6.92 Å². The van der Waals surface area contributed by atoms with Crippen LogP contribution in [-0.2, 0) is 6.54 Å². The molecular weight excluding hydrogens is 166 g/mol. The number of carboxylic acids is 1. The topological polar surface area (TPSA) is 42.2 Å². The highest BCUT2D eigenvalue weighted by molar-refractivity contribution is 5.85. The van der Waals surface area contributed by atoms with Crippen LogP contribution in [0, 0.1) is 5.41 Å². The number of nitrogens with zero attached hydrogens (tertiary/aromatic N) is 1. The average molecular weight is 179 g/mol. The van der Waals surface area contributed by atoms with Gasteiger partial charge in [-0.15, -0.1) is 0 Å². The number of hydrogen-bond donors (Lipinski definition) is 1. The summed E-state index contributed by atoms with van der Waals surface area (Å²) < 4.78 is 1.83. The van der Waals surface area contributed by atoms with Crippen LogP contribution in [0.5, 0.6) is 0 Å². The van der Waals surface area contributed by atoms with Crippen LogP contribution in [0.3, 0.4) is 0 Å². The number of aromatic carboxylic acids is 1. The molecule has 0 spiro atoms. The number of carbonyl (C=O) groups is 1. The van der Waals surface area contributed by atoms with Crippen molar-refractivity contribution in [3.8, 4) is 0 Å². The second kappa shape index (κ2) is 2.62. The first-order valence-corrected chi connectivity index (χ1v) is 4.49. The molecule has 0 radical (unpaired) electrons. The Morgan fingerprint density at radius 3 is 2.92 bits per heavy atom. The Hall–Kier alpha value is -1.25. The number of rotatable bonds is 3. The molecule has 0 unspecified atom stereocenters. The predicted molar refractivity (Wildman–Crippen MR) is 48.7 cm³/mol. The van der Waals surface area contributed by atoms with E-state index in [-0.39, 0.29) is 0 Å². The van der Waals surface area contributed by atoms with Gasteiger partial charge in [-0.2, -0.15) is 0 Å². The number of aromatic nitrogens is 1. The third-order valence-corrected chi connectivity index (χ3v) is 2.70. The molecule has 1 heterocycles. The summed E-state index contributed by atoms with van der Waals surface area (Å²) in [6.07, 6.45) is 4.27. The van der Waals surface area contributed by atoms with Crippen molar-refractivity contribution in [2.75, 3.05) is 0 Å². The Bertz CT molecular complexity index is 336. The molecule has 13 heavy (non-hydrogen) atoms. The lowest BCUT2D eigenvalue weighted by Crippen LogP contribution is -2.13. The minimum atomic E-state index is -0.839. The monoisotopic (exact) mass is 179 g/mol. The van der Waals surface area contributed by atoms with Crippen molar-refractivity contribution in [1.82, 2.24) is 4.57 Å². The van der Waals surface area contributed by atoms with E-state index >= 15 is 0 Å². The van der Waals surface area contributed by atoms with Crippen LogP contribution in [0.1, 0.15) is 30.3 Å². The van der Waals surface area contributed by atoms with Crippen LogP contribution in [0.25, 0.3) is 0 Å². The van der Waals surface area contributed by atoms with Gasteiger partial charge in [-0.25, -0.2) is 4.79 Å². The van der Waals surface area contributed by atoms with Gasteiger partial charge in [0.25, 0.3) is 0 Å². The maximum atomic E-state index is 10.8. The van der Waals surface area contributed by atoms with Crippen molar-refractivity contribution < 1.29 is 9.90 Å². The van der Waals surface area contributed by atoms with Crippen molar-refractivity contribution in [3.63, 3.8) is 0 Å². The predicted octanol–water partition coefficient (Wildman–Crippen LogP) is 1.99. The fourth-order valence-electron chi connectivity index (χ4n) is 1.53. The van der Waals surface area contributed by atoms with E-state index in [4.69, 9.17) is 5.11 Å². The fourth-order valence-corrected chi connectivity index (χ4v) is 1.53. The molecule has 1 aromatic heterocycles. The zero-order chi connectivity index (χ0) is 9.47. The first-order valence-electron chi connectivity index (χ1n) is 4.49. The van der Waals surface area contributed by atoms with Crippen molar-refractivity contribution in [1.29, 1.82) is 0 Å². The summed E-state index contributed by atoms with van der Waals surface area (Å²) in [6.45, 7) is 3.03. The lowest BCUT2D eigenvalue weighted by atomic mass is 10.1. The zero-order valence-electron chi connectivity index (χ0n) is 7.66.